The second-order valence-corrected chi connectivity index (χ2v) is 5.68. The molecule has 3 nitrogen and oxygen atoms in total. The molecule has 0 unspecified atom stereocenters. The molecule has 0 spiro atoms. The summed E-state index contributed by atoms with van der Waals surface area (Å²) in [6.07, 6.45) is 1.16. The van der Waals surface area contributed by atoms with Crippen molar-refractivity contribution in [1.82, 2.24) is 4.90 Å². The minimum atomic E-state index is -0.672. The van der Waals surface area contributed by atoms with Crippen molar-refractivity contribution in [2.24, 2.45) is 0 Å². The van der Waals surface area contributed by atoms with Gasteiger partial charge in [0.25, 0.3) is 5.91 Å². The first-order valence-corrected chi connectivity index (χ1v) is 6.62. The van der Waals surface area contributed by atoms with Gasteiger partial charge in [0.1, 0.15) is 0 Å². The molecular formula is C13H15Cl2NO2. The summed E-state index contributed by atoms with van der Waals surface area (Å²) >= 11 is 11.9. The number of amides is 1. The molecule has 0 bridgehead atoms. The van der Waals surface area contributed by atoms with Gasteiger partial charge in [-0.3, -0.25) is 4.79 Å². The van der Waals surface area contributed by atoms with E-state index in [1.54, 1.807) is 30.0 Å². The number of piperidine rings is 1. The van der Waals surface area contributed by atoms with Crippen LogP contribution in [0, 0.1) is 0 Å². The van der Waals surface area contributed by atoms with Crippen molar-refractivity contribution in [3.8, 4) is 0 Å². The first-order chi connectivity index (χ1) is 8.41. The zero-order valence-electron chi connectivity index (χ0n) is 10.1. The number of halogens is 2. The average molecular weight is 288 g/mol. The van der Waals surface area contributed by atoms with Crippen LogP contribution in [-0.2, 0) is 0 Å². The van der Waals surface area contributed by atoms with Crippen LogP contribution < -0.4 is 0 Å². The van der Waals surface area contributed by atoms with Gasteiger partial charge in [0.05, 0.1) is 21.2 Å². The molecule has 0 aromatic heterocycles. The van der Waals surface area contributed by atoms with Crippen LogP contribution in [0.4, 0.5) is 0 Å². The Hall–Kier alpha value is -0.770. The molecule has 1 aromatic rings. The summed E-state index contributed by atoms with van der Waals surface area (Å²) in [5.74, 6) is -0.127. The monoisotopic (exact) mass is 287 g/mol. The Labute approximate surface area is 116 Å². The van der Waals surface area contributed by atoms with Crippen LogP contribution >= 0.6 is 23.2 Å². The first-order valence-electron chi connectivity index (χ1n) is 5.86. The molecule has 1 aliphatic heterocycles. The van der Waals surface area contributed by atoms with E-state index in [-0.39, 0.29) is 5.91 Å². The molecule has 1 aromatic carbocycles. The molecule has 5 heteroatoms. The number of nitrogens with zero attached hydrogens (tertiary/aromatic N) is 1. The lowest BCUT2D eigenvalue weighted by atomic mass is 9.93. The highest BCUT2D eigenvalue weighted by molar-refractivity contribution is 6.43. The maximum Gasteiger partial charge on any atom is 0.255 e. The summed E-state index contributed by atoms with van der Waals surface area (Å²) in [6.45, 7) is 2.87. The molecule has 98 valence electrons. The zero-order valence-corrected chi connectivity index (χ0v) is 11.6. The number of carbonyl (C=O) groups is 1. The topological polar surface area (TPSA) is 40.5 Å². The summed E-state index contributed by atoms with van der Waals surface area (Å²) in [5, 5.41) is 10.5. The van der Waals surface area contributed by atoms with Crippen molar-refractivity contribution in [2.45, 2.75) is 25.4 Å². The number of benzene rings is 1. The maximum absolute atomic E-state index is 12.3. The molecule has 0 atom stereocenters. The number of aliphatic hydroxyl groups is 1. The standard InChI is InChI=1S/C13H15Cl2NO2/c1-13(18)5-7-16(8-6-13)12(17)9-3-2-4-10(14)11(9)15/h2-4,18H,5-8H2,1H3. The largest absolute Gasteiger partial charge is 0.390 e. The van der Waals surface area contributed by atoms with Gasteiger partial charge in [0.2, 0.25) is 0 Å². The highest BCUT2D eigenvalue weighted by Gasteiger charge is 2.30. The molecule has 1 amide bonds. The van der Waals surface area contributed by atoms with Crippen molar-refractivity contribution in [1.29, 1.82) is 0 Å². The number of hydrogen-bond donors (Lipinski definition) is 1. The van der Waals surface area contributed by atoms with Gasteiger partial charge < -0.3 is 10.0 Å². The molecule has 1 N–H and O–H groups in total. The van der Waals surface area contributed by atoms with Crippen LogP contribution in [0.15, 0.2) is 18.2 Å². The molecule has 0 radical (unpaired) electrons. The highest BCUT2D eigenvalue weighted by Crippen LogP contribution is 2.28. The molecule has 2 rings (SSSR count). The lowest BCUT2D eigenvalue weighted by molar-refractivity contribution is -0.00201. The molecular weight excluding hydrogens is 273 g/mol. The third-order valence-electron chi connectivity index (χ3n) is 3.31. The van der Waals surface area contributed by atoms with Gasteiger partial charge in [0.15, 0.2) is 0 Å². The van der Waals surface area contributed by atoms with Crippen LogP contribution in [0.5, 0.6) is 0 Å². The highest BCUT2D eigenvalue weighted by atomic mass is 35.5. The SMILES string of the molecule is CC1(O)CCN(C(=O)c2cccc(Cl)c2Cl)CC1. The molecule has 1 saturated heterocycles. The maximum atomic E-state index is 12.3. The normalized spacial score (nSPS) is 18.8. The number of rotatable bonds is 1. The number of likely N-dealkylation sites (tertiary alicyclic amines) is 1. The second-order valence-electron chi connectivity index (χ2n) is 4.89. The van der Waals surface area contributed by atoms with Gasteiger partial charge in [-0.05, 0) is 31.9 Å². The minimum Gasteiger partial charge on any atom is -0.390 e. The summed E-state index contributed by atoms with van der Waals surface area (Å²) < 4.78 is 0. The molecule has 1 aliphatic rings. The van der Waals surface area contributed by atoms with Gasteiger partial charge in [-0.25, -0.2) is 0 Å². The lowest BCUT2D eigenvalue weighted by Crippen LogP contribution is -2.45. The Bertz CT molecular complexity index is 464. The fourth-order valence-electron chi connectivity index (χ4n) is 2.03. The van der Waals surface area contributed by atoms with Gasteiger partial charge >= 0.3 is 0 Å². The molecule has 1 heterocycles. The smallest absolute Gasteiger partial charge is 0.255 e. The van der Waals surface area contributed by atoms with E-state index in [1.807, 2.05) is 0 Å². The number of hydrogen-bond acceptors (Lipinski definition) is 2. The van der Waals surface area contributed by atoms with E-state index >= 15 is 0 Å². The van der Waals surface area contributed by atoms with Crippen LogP contribution in [0.1, 0.15) is 30.1 Å². The van der Waals surface area contributed by atoms with E-state index in [2.05, 4.69) is 0 Å². The molecule has 1 fully saturated rings. The van der Waals surface area contributed by atoms with Gasteiger partial charge in [-0.15, -0.1) is 0 Å². The van der Waals surface area contributed by atoms with Crippen molar-refractivity contribution < 1.29 is 9.90 Å². The van der Waals surface area contributed by atoms with E-state index in [1.165, 1.54) is 0 Å². The molecule has 0 aliphatic carbocycles. The van der Waals surface area contributed by atoms with Crippen molar-refractivity contribution >= 4 is 29.1 Å². The quantitative estimate of drug-likeness (QED) is 0.863. The fourth-order valence-corrected chi connectivity index (χ4v) is 2.41. The zero-order chi connectivity index (χ0) is 13.3. The second kappa shape index (κ2) is 5.08. The van der Waals surface area contributed by atoms with Crippen LogP contribution in [-0.4, -0.2) is 34.6 Å². The van der Waals surface area contributed by atoms with Gasteiger partial charge in [0, 0.05) is 13.1 Å². The van der Waals surface area contributed by atoms with Crippen LogP contribution in [0.3, 0.4) is 0 Å². The predicted octanol–water partition coefficient (Wildman–Crippen LogP) is 2.98. The van der Waals surface area contributed by atoms with E-state index in [0.29, 0.717) is 41.5 Å². The van der Waals surface area contributed by atoms with Crippen LogP contribution in [0.2, 0.25) is 10.0 Å². The van der Waals surface area contributed by atoms with Crippen molar-refractivity contribution in [2.75, 3.05) is 13.1 Å². The number of carbonyl (C=O) groups excluding carboxylic acids is 1. The van der Waals surface area contributed by atoms with E-state index < -0.39 is 5.60 Å². The van der Waals surface area contributed by atoms with E-state index in [4.69, 9.17) is 23.2 Å². The summed E-state index contributed by atoms with van der Waals surface area (Å²) in [6, 6.07) is 5.03. The summed E-state index contributed by atoms with van der Waals surface area (Å²) in [7, 11) is 0. The van der Waals surface area contributed by atoms with Gasteiger partial charge in [-0.2, -0.15) is 0 Å². The Kier molecular flexibility index (Phi) is 3.85. The van der Waals surface area contributed by atoms with Crippen molar-refractivity contribution in [3.05, 3.63) is 33.8 Å². The van der Waals surface area contributed by atoms with Crippen LogP contribution in [0.25, 0.3) is 0 Å². The predicted molar refractivity (Wildman–Crippen MR) is 72.2 cm³/mol. The lowest BCUT2D eigenvalue weighted by Gasteiger charge is -2.35. The van der Waals surface area contributed by atoms with Crippen molar-refractivity contribution in [3.63, 3.8) is 0 Å². The van der Waals surface area contributed by atoms with Gasteiger partial charge in [-0.1, -0.05) is 29.3 Å². The summed E-state index contributed by atoms with van der Waals surface area (Å²) in [5.41, 5.74) is -0.250. The summed E-state index contributed by atoms with van der Waals surface area (Å²) in [4.78, 5) is 14.0. The third kappa shape index (κ3) is 2.79. The first kappa shape index (κ1) is 13.7. The Balaban J connectivity index is 2.15. The minimum absolute atomic E-state index is 0.127. The third-order valence-corrected chi connectivity index (χ3v) is 4.13. The average Bonchev–Trinajstić information content (AvgIpc) is 2.32. The Morgan fingerprint density at radius 3 is 2.56 bits per heavy atom. The molecule has 18 heavy (non-hydrogen) atoms. The van der Waals surface area contributed by atoms with E-state index in [9.17, 15) is 9.90 Å². The Morgan fingerprint density at radius 1 is 1.33 bits per heavy atom. The van der Waals surface area contributed by atoms with E-state index in [0.717, 1.165) is 0 Å². The Morgan fingerprint density at radius 2 is 1.94 bits per heavy atom. The fraction of sp³-hybridized carbons (Fsp3) is 0.462. The molecule has 0 saturated carbocycles.